The fraction of sp³-hybridized carbons (Fsp3) is 0.400. The number of rotatable bonds is 4. The summed E-state index contributed by atoms with van der Waals surface area (Å²) < 4.78 is 29.9. The molecule has 0 radical (unpaired) electrons. The van der Waals surface area contributed by atoms with Crippen LogP contribution in [0.5, 0.6) is 5.75 Å². The maximum absolute atomic E-state index is 12.4. The Morgan fingerprint density at radius 1 is 1.36 bits per heavy atom. The molecular weight excluding hydrogens is 188 g/mol. The largest absolute Gasteiger partial charge is 0.494 e. The number of hydrogen-bond donors (Lipinski definition) is 1. The number of para-hydroxylation sites is 1. The monoisotopic (exact) mass is 201 g/mol. The van der Waals surface area contributed by atoms with Gasteiger partial charge in [-0.1, -0.05) is 18.2 Å². The van der Waals surface area contributed by atoms with Gasteiger partial charge in [0, 0.05) is 5.56 Å². The fourth-order valence-corrected chi connectivity index (χ4v) is 1.18. The van der Waals surface area contributed by atoms with Gasteiger partial charge in [-0.3, -0.25) is 0 Å². The lowest BCUT2D eigenvalue weighted by Gasteiger charge is -2.15. The average molecular weight is 201 g/mol. The molecule has 0 saturated carbocycles. The standard InChI is InChI=1S/C10H13F2NO/c1-2-14-8-6-4-3-5-7(8)9(13)10(11)12/h3-6,9-10H,2,13H2,1H3/t9-/m0/s1. The Hall–Kier alpha value is -1.16. The summed E-state index contributed by atoms with van der Waals surface area (Å²) in [4.78, 5) is 0. The van der Waals surface area contributed by atoms with Crippen molar-refractivity contribution < 1.29 is 13.5 Å². The van der Waals surface area contributed by atoms with Crippen LogP contribution in [0, 0.1) is 0 Å². The summed E-state index contributed by atoms with van der Waals surface area (Å²) in [6, 6.07) is 5.31. The van der Waals surface area contributed by atoms with Crippen LogP contribution < -0.4 is 10.5 Å². The van der Waals surface area contributed by atoms with Gasteiger partial charge in [0.15, 0.2) is 0 Å². The normalized spacial score (nSPS) is 12.9. The predicted molar refractivity (Wildman–Crippen MR) is 50.5 cm³/mol. The minimum atomic E-state index is -2.57. The van der Waals surface area contributed by atoms with Crippen LogP contribution in [0.1, 0.15) is 18.5 Å². The van der Waals surface area contributed by atoms with E-state index in [9.17, 15) is 8.78 Å². The highest BCUT2D eigenvalue weighted by atomic mass is 19.3. The lowest BCUT2D eigenvalue weighted by atomic mass is 10.1. The predicted octanol–water partition coefficient (Wildman–Crippen LogP) is 2.35. The second-order valence-electron chi connectivity index (χ2n) is 2.83. The summed E-state index contributed by atoms with van der Waals surface area (Å²) in [5.74, 6) is 0.433. The fourth-order valence-electron chi connectivity index (χ4n) is 1.18. The number of halogens is 2. The smallest absolute Gasteiger partial charge is 0.257 e. The number of ether oxygens (including phenoxy) is 1. The zero-order valence-electron chi connectivity index (χ0n) is 7.91. The quantitative estimate of drug-likeness (QED) is 0.811. The van der Waals surface area contributed by atoms with Crippen LogP contribution in [0.3, 0.4) is 0 Å². The molecule has 2 N–H and O–H groups in total. The third-order valence-corrected chi connectivity index (χ3v) is 1.85. The van der Waals surface area contributed by atoms with Crippen LogP contribution in [0.2, 0.25) is 0 Å². The molecule has 1 aromatic carbocycles. The Bertz CT molecular complexity index is 291. The van der Waals surface area contributed by atoms with E-state index in [1.165, 1.54) is 0 Å². The molecule has 4 heteroatoms. The van der Waals surface area contributed by atoms with Crippen molar-refractivity contribution in [1.82, 2.24) is 0 Å². The molecule has 0 spiro atoms. The van der Waals surface area contributed by atoms with E-state index in [0.717, 1.165) is 0 Å². The first kappa shape index (κ1) is 10.9. The van der Waals surface area contributed by atoms with Crippen molar-refractivity contribution in [3.05, 3.63) is 29.8 Å². The summed E-state index contributed by atoms with van der Waals surface area (Å²) in [5, 5.41) is 0. The van der Waals surface area contributed by atoms with E-state index in [1.807, 2.05) is 0 Å². The second kappa shape index (κ2) is 4.91. The van der Waals surface area contributed by atoms with E-state index in [0.29, 0.717) is 17.9 Å². The summed E-state index contributed by atoms with van der Waals surface area (Å²) in [5.41, 5.74) is 5.69. The summed E-state index contributed by atoms with van der Waals surface area (Å²) in [6.07, 6.45) is -2.57. The van der Waals surface area contributed by atoms with Crippen LogP contribution in [-0.4, -0.2) is 13.0 Å². The molecule has 78 valence electrons. The molecule has 0 aliphatic rings. The SMILES string of the molecule is CCOc1ccccc1[C@H](N)C(F)F. The maximum atomic E-state index is 12.4. The first-order chi connectivity index (χ1) is 6.66. The molecular formula is C10H13F2NO. The van der Waals surface area contributed by atoms with Crippen molar-refractivity contribution in [3.8, 4) is 5.75 Å². The molecule has 0 aliphatic heterocycles. The highest BCUT2D eigenvalue weighted by molar-refractivity contribution is 5.36. The molecule has 1 aromatic rings. The topological polar surface area (TPSA) is 35.2 Å². The van der Waals surface area contributed by atoms with E-state index < -0.39 is 12.5 Å². The minimum Gasteiger partial charge on any atom is -0.494 e. The Labute approximate surface area is 81.7 Å². The molecule has 0 aliphatic carbocycles. The summed E-state index contributed by atoms with van der Waals surface area (Å²) >= 11 is 0. The van der Waals surface area contributed by atoms with Gasteiger partial charge < -0.3 is 10.5 Å². The van der Waals surface area contributed by atoms with Crippen molar-refractivity contribution >= 4 is 0 Å². The maximum Gasteiger partial charge on any atom is 0.257 e. The number of benzene rings is 1. The molecule has 0 amide bonds. The highest BCUT2D eigenvalue weighted by Crippen LogP contribution is 2.27. The first-order valence-corrected chi connectivity index (χ1v) is 4.42. The van der Waals surface area contributed by atoms with Crippen LogP contribution in [-0.2, 0) is 0 Å². The van der Waals surface area contributed by atoms with E-state index in [-0.39, 0.29) is 0 Å². The third-order valence-electron chi connectivity index (χ3n) is 1.85. The molecule has 0 bridgehead atoms. The van der Waals surface area contributed by atoms with Gasteiger partial charge in [-0.15, -0.1) is 0 Å². The van der Waals surface area contributed by atoms with E-state index in [1.54, 1.807) is 31.2 Å². The molecule has 2 nitrogen and oxygen atoms in total. The van der Waals surface area contributed by atoms with Gasteiger partial charge in [0.1, 0.15) is 5.75 Å². The summed E-state index contributed by atoms with van der Waals surface area (Å²) in [7, 11) is 0. The Balaban J connectivity index is 2.94. The molecule has 1 atom stereocenters. The van der Waals surface area contributed by atoms with Gasteiger partial charge in [-0.2, -0.15) is 0 Å². The number of alkyl halides is 2. The number of hydrogen-bond acceptors (Lipinski definition) is 2. The molecule has 0 aromatic heterocycles. The second-order valence-corrected chi connectivity index (χ2v) is 2.83. The highest BCUT2D eigenvalue weighted by Gasteiger charge is 2.20. The average Bonchev–Trinajstić information content (AvgIpc) is 2.18. The van der Waals surface area contributed by atoms with Crippen molar-refractivity contribution in [2.75, 3.05) is 6.61 Å². The molecule has 0 heterocycles. The zero-order valence-corrected chi connectivity index (χ0v) is 7.91. The number of nitrogens with two attached hydrogens (primary N) is 1. The van der Waals surface area contributed by atoms with Gasteiger partial charge >= 0.3 is 0 Å². The van der Waals surface area contributed by atoms with E-state index in [4.69, 9.17) is 10.5 Å². The van der Waals surface area contributed by atoms with E-state index in [2.05, 4.69) is 0 Å². The summed E-state index contributed by atoms with van der Waals surface area (Å²) in [6.45, 7) is 2.23. The van der Waals surface area contributed by atoms with Crippen LogP contribution in [0.25, 0.3) is 0 Å². The molecule has 0 saturated heterocycles. The lowest BCUT2D eigenvalue weighted by Crippen LogP contribution is -2.19. The molecule has 0 fully saturated rings. The Morgan fingerprint density at radius 3 is 2.57 bits per heavy atom. The zero-order chi connectivity index (χ0) is 10.6. The van der Waals surface area contributed by atoms with Crippen LogP contribution in [0.15, 0.2) is 24.3 Å². The Kier molecular flexibility index (Phi) is 3.83. The third kappa shape index (κ3) is 2.42. The van der Waals surface area contributed by atoms with E-state index >= 15 is 0 Å². The van der Waals surface area contributed by atoms with Crippen LogP contribution in [0.4, 0.5) is 8.78 Å². The van der Waals surface area contributed by atoms with Crippen molar-refractivity contribution in [2.24, 2.45) is 5.73 Å². The van der Waals surface area contributed by atoms with Gasteiger partial charge in [-0.25, -0.2) is 8.78 Å². The molecule has 0 unspecified atom stereocenters. The lowest BCUT2D eigenvalue weighted by molar-refractivity contribution is 0.114. The van der Waals surface area contributed by atoms with Gasteiger partial charge in [0.25, 0.3) is 6.43 Å². The minimum absolute atomic E-state index is 0.351. The molecule has 14 heavy (non-hydrogen) atoms. The van der Waals surface area contributed by atoms with Crippen LogP contribution >= 0.6 is 0 Å². The molecule has 1 rings (SSSR count). The van der Waals surface area contributed by atoms with Crippen molar-refractivity contribution in [1.29, 1.82) is 0 Å². The van der Waals surface area contributed by atoms with Gasteiger partial charge in [-0.05, 0) is 13.0 Å². The van der Waals surface area contributed by atoms with Crippen molar-refractivity contribution in [2.45, 2.75) is 19.4 Å². The van der Waals surface area contributed by atoms with Gasteiger partial charge in [0.2, 0.25) is 0 Å². The first-order valence-electron chi connectivity index (χ1n) is 4.42. The van der Waals surface area contributed by atoms with Crippen molar-refractivity contribution in [3.63, 3.8) is 0 Å². The van der Waals surface area contributed by atoms with Gasteiger partial charge in [0.05, 0.1) is 12.6 Å². The Morgan fingerprint density at radius 2 is 2.00 bits per heavy atom.